The molecular weight excluding hydrogens is 273 g/mol. The third-order valence-electron chi connectivity index (χ3n) is 2.41. The Kier molecular flexibility index (Phi) is 5.42. The Hall–Kier alpha value is -1.27. The van der Waals surface area contributed by atoms with Gasteiger partial charge in [0.1, 0.15) is 12.4 Å². The lowest BCUT2D eigenvalue weighted by Crippen LogP contribution is -2.23. The monoisotopic (exact) mass is 292 g/mol. The van der Waals surface area contributed by atoms with Crippen molar-refractivity contribution in [2.45, 2.75) is 39.2 Å². The van der Waals surface area contributed by atoms with Crippen molar-refractivity contribution in [3.63, 3.8) is 0 Å². The Morgan fingerprint density at radius 2 is 1.75 bits per heavy atom. The number of rotatable bonds is 5. The fourth-order valence-electron chi connectivity index (χ4n) is 1.52. The van der Waals surface area contributed by atoms with Gasteiger partial charge in [-0.05, 0) is 38.5 Å². The lowest BCUT2D eigenvalue weighted by molar-refractivity contribution is -0.139. The van der Waals surface area contributed by atoms with Gasteiger partial charge in [0.25, 0.3) is 0 Å². The molecule has 0 saturated heterocycles. The van der Waals surface area contributed by atoms with Gasteiger partial charge in [-0.25, -0.2) is 0 Å². The molecule has 1 aromatic rings. The van der Waals surface area contributed by atoms with E-state index in [2.05, 4.69) is 0 Å². The summed E-state index contributed by atoms with van der Waals surface area (Å²) >= 11 is 0. The molecule has 0 aliphatic heterocycles. The first-order chi connectivity index (χ1) is 9.13. The van der Waals surface area contributed by atoms with Crippen molar-refractivity contribution in [3.8, 4) is 5.75 Å². The molecule has 0 saturated carbocycles. The summed E-state index contributed by atoms with van der Waals surface area (Å²) < 4.78 is 49.1. The molecule has 0 bridgehead atoms. The van der Waals surface area contributed by atoms with Crippen LogP contribution in [0.2, 0.25) is 0 Å². The molecule has 0 aliphatic carbocycles. The van der Waals surface area contributed by atoms with Gasteiger partial charge in [0.2, 0.25) is 0 Å². The molecule has 1 rings (SSSR count). The standard InChI is InChI=1S/C14H19F3O3/c1-13(2,3)20-7-6-19-12-5-4-10(9-18)8-11(12)14(15,16)17/h4-5,8,18H,6-7,9H2,1-3H3. The highest BCUT2D eigenvalue weighted by Gasteiger charge is 2.34. The maximum Gasteiger partial charge on any atom is 0.419 e. The Balaban J connectivity index is 2.74. The topological polar surface area (TPSA) is 38.7 Å². The first kappa shape index (κ1) is 16.8. The summed E-state index contributed by atoms with van der Waals surface area (Å²) in [7, 11) is 0. The molecule has 0 amide bonds. The van der Waals surface area contributed by atoms with Gasteiger partial charge in [-0.15, -0.1) is 0 Å². The summed E-state index contributed by atoms with van der Waals surface area (Å²) in [4.78, 5) is 0. The molecule has 6 heteroatoms. The Labute approximate surface area is 116 Å². The molecule has 20 heavy (non-hydrogen) atoms. The third-order valence-corrected chi connectivity index (χ3v) is 2.41. The molecule has 0 heterocycles. The highest BCUT2D eigenvalue weighted by atomic mass is 19.4. The van der Waals surface area contributed by atoms with E-state index >= 15 is 0 Å². The number of aliphatic hydroxyl groups excluding tert-OH is 1. The van der Waals surface area contributed by atoms with E-state index < -0.39 is 18.3 Å². The number of aliphatic hydroxyl groups is 1. The number of hydrogen-bond donors (Lipinski definition) is 1. The van der Waals surface area contributed by atoms with Gasteiger partial charge in [-0.2, -0.15) is 13.2 Å². The smallest absolute Gasteiger partial charge is 0.419 e. The zero-order valence-corrected chi connectivity index (χ0v) is 11.8. The number of benzene rings is 1. The zero-order chi connectivity index (χ0) is 15.4. The first-order valence-corrected chi connectivity index (χ1v) is 6.21. The van der Waals surface area contributed by atoms with Crippen LogP contribution in [0.3, 0.4) is 0 Å². The van der Waals surface area contributed by atoms with Gasteiger partial charge in [-0.1, -0.05) is 6.07 Å². The normalized spacial score (nSPS) is 12.6. The maximum absolute atomic E-state index is 12.9. The number of halogens is 3. The van der Waals surface area contributed by atoms with Crippen molar-refractivity contribution in [1.82, 2.24) is 0 Å². The van der Waals surface area contributed by atoms with E-state index in [1.165, 1.54) is 12.1 Å². The Morgan fingerprint density at radius 1 is 1.10 bits per heavy atom. The van der Waals surface area contributed by atoms with E-state index in [4.69, 9.17) is 14.6 Å². The van der Waals surface area contributed by atoms with E-state index in [-0.39, 0.29) is 30.1 Å². The minimum absolute atomic E-state index is 0.0266. The predicted octanol–water partition coefficient (Wildman–Crippen LogP) is 3.39. The lowest BCUT2D eigenvalue weighted by Gasteiger charge is -2.20. The maximum atomic E-state index is 12.9. The second-order valence-electron chi connectivity index (χ2n) is 5.30. The summed E-state index contributed by atoms with van der Waals surface area (Å²) in [6.07, 6.45) is -4.52. The Morgan fingerprint density at radius 3 is 2.25 bits per heavy atom. The molecular formula is C14H19F3O3. The SMILES string of the molecule is CC(C)(C)OCCOc1ccc(CO)cc1C(F)(F)F. The lowest BCUT2D eigenvalue weighted by atomic mass is 10.1. The molecule has 1 N–H and O–H groups in total. The average molecular weight is 292 g/mol. The van der Waals surface area contributed by atoms with Crippen LogP contribution in [0.25, 0.3) is 0 Å². The highest BCUT2D eigenvalue weighted by molar-refractivity contribution is 5.39. The largest absolute Gasteiger partial charge is 0.491 e. The van der Waals surface area contributed by atoms with Crippen molar-refractivity contribution in [2.24, 2.45) is 0 Å². The van der Waals surface area contributed by atoms with E-state index in [0.29, 0.717) is 0 Å². The quantitative estimate of drug-likeness (QED) is 0.845. The zero-order valence-electron chi connectivity index (χ0n) is 11.8. The molecule has 3 nitrogen and oxygen atoms in total. The summed E-state index contributed by atoms with van der Waals surface area (Å²) in [6, 6.07) is 3.50. The Bertz CT molecular complexity index is 436. The molecule has 0 atom stereocenters. The molecule has 0 radical (unpaired) electrons. The van der Waals surface area contributed by atoms with Gasteiger partial charge in [0.05, 0.1) is 24.4 Å². The minimum Gasteiger partial charge on any atom is -0.491 e. The number of alkyl halides is 3. The van der Waals surface area contributed by atoms with Crippen LogP contribution >= 0.6 is 0 Å². The van der Waals surface area contributed by atoms with E-state index in [1.54, 1.807) is 0 Å². The minimum atomic E-state index is -4.52. The first-order valence-electron chi connectivity index (χ1n) is 6.21. The molecule has 0 aromatic heterocycles. The summed E-state index contributed by atoms with van der Waals surface area (Å²) in [5, 5.41) is 8.89. The van der Waals surface area contributed by atoms with Crippen molar-refractivity contribution in [1.29, 1.82) is 0 Å². The summed E-state index contributed by atoms with van der Waals surface area (Å²) in [6.45, 7) is 5.33. The van der Waals surface area contributed by atoms with Crippen LogP contribution in [0.1, 0.15) is 31.9 Å². The van der Waals surface area contributed by atoms with E-state index in [0.717, 1.165) is 6.07 Å². The fourth-order valence-corrected chi connectivity index (χ4v) is 1.52. The summed E-state index contributed by atoms with van der Waals surface area (Å²) in [5.41, 5.74) is -1.06. The van der Waals surface area contributed by atoms with Crippen LogP contribution in [0.5, 0.6) is 5.75 Å². The van der Waals surface area contributed by atoms with Gasteiger partial charge < -0.3 is 14.6 Å². The fraction of sp³-hybridized carbons (Fsp3) is 0.571. The number of ether oxygens (including phenoxy) is 2. The van der Waals surface area contributed by atoms with Crippen LogP contribution in [0.4, 0.5) is 13.2 Å². The van der Waals surface area contributed by atoms with Crippen LogP contribution in [0, 0.1) is 0 Å². The van der Waals surface area contributed by atoms with Crippen molar-refractivity contribution >= 4 is 0 Å². The molecule has 1 aromatic carbocycles. The molecule has 114 valence electrons. The van der Waals surface area contributed by atoms with Crippen molar-refractivity contribution < 1.29 is 27.8 Å². The van der Waals surface area contributed by atoms with Gasteiger partial charge in [-0.3, -0.25) is 0 Å². The molecule has 0 aliphatic rings. The van der Waals surface area contributed by atoms with Crippen LogP contribution in [-0.4, -0.2) is 23.9 Å². The van der Waals surface area contributed by atoms with Crippen molar-refractivity contribution in [2.75, 3.05) is 13.2 Å². The second-order valence-corrected chi connectivity index (χ2v) is 5.30. The molecule has 0 fully saturated rings. The summed E-state index contributed by atoms with van der Waals surface area (Å²) in [5.74, 6) is -0.257. The molecule has 0 spiro atoms. The van der Waals surface area contributed by atoms with Gasteiger partial charge >= 0.3 is 6.18 Å². The second kappa shape index (κ2) is 6.45. The highest BCUT2D eigenvalue weighted by Crippen LogP contribution is 2.36. The van der Waals surface area contributed by atoms with Gasteiger partial charge in [0, 0.05) is 0 Å². The van der Waals surface area contributed by atoms with Crippen LogP contribution in [0.15, 0.2) is 18.2 Å². The predicted molar refractivity (Wildman–Crippen MR) is 68.6 cm³/mol. The van der Waals surface area contributed by atoms with Crippen LogP contribution in [-0.2, 0) is 17.5 Å². The van der Waals surface area contributed by atoms with Gasteiger partial charge in [0.15, 0.2) is 0 Å². The van der Waals surface area contributed by atoms with E-state index in [9.17, 15) is 13.2 Å². The van der Waals surface area contributed by atoms with Crippen LogP contribution < -0.4 is 4.74 Å². The van der Waals surface area contributed by atoms with E-state index in [1.807, 2.05) is 20.8 Å². The third kappa shape index (κ3) is 5.38. The average Bonchev–Trinajstić information content (AvgIpc) is 2.32. The molecule has 0 unspecified atom stereocenters. The van der Waals surface area contributed by atoms with Crippen molar-refractivity contribution in [3.05, 3.63) is 29.3 Å². The number of hydrogen-bond acceptors (Lipinski definition) is 3.